The summed E-state index contributed by atoms with van der Waals surface area (Å²) in [5.41, 5.74) is 9.61. The van der Waals surface area contributed by atoms with Crippen LogP contribution in [0.25, 0.3) is 5.57 Å². The average Bonchev–Trinajstić information content (AvgIpc) is 3.04. The molecule has 3 aromatic rings. The summed E-state index contributed by atoms with van der Waals surface area (Å²) in [7, 11) is 0. The second-order valence-corrected chi connectivity index (χ2v) is 13.5. The van der Waals surface area contributed by atoms with E-state index >= 15 is 0 Å². The van der Waals surface area contributed by atoms with Crippen molar-refractivity contribution in [2.75, 3.05) is 49.7 Å². The van der Waals surface area contributed by atoms with Gasteiger partial charge in [-0.05, 0) is 80.2 Å². The first kappa shape index (κ1) is 27.7. The molecule has 0 saturated carbocycles. The van der Waals surface area contributed by atoms with Gasteiger partial charge >= 0.3 is 11.9 Å². The van der Waals surface area contributed by atoms with Gasteiger partial charge < -0.3 is 19.5 Å². The zero-order valence-corrected chi connectivity index (χ0v) is 26.0. The maximum absolute atomic E-state index is 13.7. The Hall–Kier alpha value is -3.78. The molecule has 0 amide bonds. The number of hydrogen-bond acceptors (Lipinski definition) is 6. The van der Waals surface area contributed by atoms with Gasteiger partial charge in [0.1, 0.15) is 31.2 Å². The van der Waals surface area contributed by atoms with Crippen LogP contribution in [-0.4, -0.2) is 61.8 Å². The molecule has 5 aliphatic rings. The topological polar surface area (TPSA) is 79.1 Å². The maximum Gasteiger partial charge on any atom is 0.338 e. The number of aryl methyl sites for hydroxylation is 2. The first-order valence-corrected chi connectivity index (χ1v) is 17.4. The first-order valence-electron chi connectivity index (χ1n) is 16.0. The minimum atomic E-state index is -1.07. The third-order valence-electron chi connectivity index (χ3n) is 9.96. The van der Waals surface area contributed by atoms with Crippen molar-refractivity contribution in [2.24, 2.45) is 0 Å². The number of thioether (sulfide) groups is 1. The predicted octanol–water partition coefficient (Wildman–Crippen LogP) is 4.34. The third kappa shape index (κ3) is 4.36. The second-order valence-electron chi connectivity index (χ2n) is 12.5. The molecule has 0 unspecified atom stereocenters. The summed E-state index contributed by atoms with van der Waals surface area (Å²) < 4.78 is 15.4. The molecular formula is C36H37N2O5S+. The Bertz CT molecular complexity index is 1870. The summed E-state index contributed by atoms with van der Waals surface area (Å²) in [6.07, 6.45) is 10.3. The third-order valence-corrected chi connectivity index (χ3v) is 10.5. The molecule has 44 heavy (non-hydrogen) atoms. The van der Waals surface area contributed by atoms with E-state index in [9.17, 15) is 14.7 Å². The fourth-order valence-corrected chi connectivity index (χ4v) is 8.41. The summed E-state index contributed by atoms with van der Waals surface area (Å²) >= 11 is 1.61. The highest BCUT2D eigenvalue weighted by atomic mass is 32.2. The van der Waals surface area contributed by atoms with Gasteiger partial charge in [0.25, 0.3) is 0 Å². The number of rotatable bonds is 6. The molecule has 0 bridgehead atoms. The number of esters is 1. The van der Waals surface area contributed by atoms with E-state index < -0.39 is 11.9 Å². The largest absolute Gasteiger partial charge is 0.478 e. The summed E-state index contributed by atoms with van der Waals surface area (Å²) in [6, 6.07) is 9.53. The van der Waals surface area contributed by atoms with Crippen molar-refractivity contribution < 1.29 is 24.2 Å². The van der Waals surface area contributed by atoms with Gasteiger partial charge in [-0.3, -0.25) is 0 Å². The van der Waals surface area contributed by atoms with Crippen LogP contribution in [0.4, 0.5) is 5.69 Å². The smallest absolute Gasteiger partial charge is 0.338 e. The van der Waals surface area contributed by atoms with Crippen LogP contribution < -0.4 is 24.8 Å². The van der Waals surface area contributed by atoms with Crippen molar-refractivity contribution in [2.45, 2.75) is 51.4 Å². The van der Waals surface area contributed by atoms with Crippen LogP contribution in [0.1, 0.15) is 79.8 Å². The van der Waals surface area contributed by atoms with Crippen LogP contribution in [0.15, 0.2) is 30.3 Å². The highest BCUT2D eigenvalue weighted by molar-refractivity contribution is 7.98. The fourth-order valence-electron chi connectivity index (χ4n) is 8.16. The second kappa shape index (κ2) is 11.0. The lowest BCUT2D eigenvalue weighted by Gasteiger charge is -2.39. The molecule has 0 spiro atoms. The Morgan fingerprint density at radius 1 is 0.932 bits per heavy atom. The molecule has 0 aliphatic carbocycles. The molecule has 3 aromatic carbocycles. The van der Waals surface area contributed by atoms with E-state index in [1.54, 1.807) is 17.8 Å². The number of anilines is 1. The molecular weight excluding hydrogens is 572 g/mol. The molecule has 8 rings (SSSR count). The summed E-state index contributed by atoms with van der Waals surface area (Å²) in [6.45, 7) is 4.55. The number of nitrogens with zero attached hydrogens (tertiary/aromatic N) is 2. The number of fused-ring (bicyclic) bond motifs is 4. The average molecular weight is 610 g/mol. The number of aromatic carboxylic acids is 1. The standard InChI is InChI=1S/C36H36N2O5S/c1-44-17-16-42-36(41)27-20-23(35(39)40)10-11-24(27)30-28-18-21-6-2-12-37-14-4-8-25(31(21)37)33(28)43-34-26-9-5-15-38-13-3-7-22(32(26)38)19-29(30)34/h10-11,18-20H,2-9,12-17H2,1H3/p+1. The van der Waals surface area contributed by atoms with Crippen LogP contribution in [0.5, 0.6) is 11.5 Å². The molecule has 0 radical (unpaired) electrons. The lowest BCUT2D eigenvalue weighted by Crippen LogP contribution is -2.45. The Morgan fingerprint density at radius 3 is 2.52 bits per heavy atom. The molecule has 7 nitrogen and oxygen atoms in total. The molecule has 1 N–H and O–H groups in total. The van der Waals surface area contributed by atoms with Gasteiger partial charge in [0, 0.05) is 64.9 Å². The highest BCUT2D eigenvalue weighted by Crippen LogP contribution is 2.48. The number of carboxylic acids is 1. The molecule has 0 fully saturated rings. The van der Waals surface area contributed by atoms with Crippen molar-refractivity contribution in [3.05, 3.63) is 85.4 Å². The molecule has 0 atom stereocenters. The predicted molar refractivity (Wildman–Crippen MR) is 172 cm³/mol. The molecule has 0 aromatic heterocycles. The quantitative estimate of drug-likeness (QED) is 0.198. The number of benzene rings is 3. The maximum atomic E-state index is 13.7. The van der Waals surface area contributed by atoms with Crippen molar-refractivity contribution in [1.29, 1.82) is 0 Å². The molecule has 226 valence electrons. The minimum absolute atomic E-state index is 0.0750. The van der Waals surface area contributed by atoms with Gasteiger partial charge in [-0.1, -0.05) is 6.07 Å². The van der Waals surface area contributed by atoms with Crippen LogP contribution >= 0.6 is 11.8 Å². The van der Waals surface area contributed by atoms with Crippen LogP contribution in [-0.2, 0) is 30.4 Å². The van der Waals surface area contributed by atoms with Crippen molar-refractivity contribution in [3.8, 4) is 11.5 Å². The van der Waals surface area contributed by atoms with Crippen molar-refractivity contribution in [1.82, 2.24) is 4.58 Å². The number of hydrogen-bond donors (Lipinski definition) is 1. The number of carboxylic acid groups (broad SMARTS) is 1. The van der Waals surface area contributed by atoms with E-state index in [2.05, 4.69) is 21.6 Å². The van der Waals surface area contributed by atoms with Crippen LogP contribution in [0.2, 0.25) is 0 Å². The normalized spacial score (nSPS) is 17.6. The summed E-state index contributed by atoms with van der Waals surface area (Å²) in [5, 5.41) is 12.2. The van der Waals surface area contributed by atoms with Crippen LogP contribution in [0.3, 0.4) is 0 Å². The summed E-state index contributed by atoms with van der Waals surface area (Å²) in [5.74, 6) is 0.935. The van der Waals surface area contributed by atoms with Gasteiger partial charge in [-0.15, -0.1) is 0 Å². The zero-order chi connectivity index (χ0) is 29.9. The fraction of sp³-hybridized carbons (Fsp3) is 0.417. The first-order chi connectivity index (χ1) is 21.5. The van der Waals surface area contributed by atoms with Gasteiger partial charge in [-0.2, -0.15) is 11.8 Å². The molecule has 8 heteroatoms. The molecule has 5 aliphatic heterocycles. The SMILES string of the molecule is CSCCOC(=O)c1cc(C(=O)O)ccc1C1=c2cc3c4c(c2Oc2c1cc1c5c2CCCN5CCC1)CCC[N+]=4CCC3. The molecule has 0 saturated heterocycles. The Labute approximate surface area is 261 Å². The van der Waals surface area contributed by atoms with Gasteiger partial charge in [-0.25, -0.2) is 14.2 Å². The van der Waals surface area contributed by atoms with E-state index in [4.69, 9.17) is 9.47 Å². The lowest BCUT2D eigenvalue weighted by molar-refractivity contribution is 0.0530. The van der Waals surface area contributed by atoms with Gasteiger partial charge in [0.2, 0.25) is 5.36 Å². The van der Waals surface area contributed by atoms with Crippen molar-refractivity contribution in [3.63, 3.8) is 0 Å². The number of ether oxygens (including phenoxy) is 2. The van der Waals surface area contributed by atoms with E-state index in [1.807, 2.05) is 12.3 Å². The Morgan fingerprint density at radius 2 is 1.70 bits per heavy atom. The van der Waals surface area contributed by atoms with E-state index in [-0.39, 0.29) is 12.2 Å². The van der Waals surface area contributed by atoms with Gasteiger partial charge in [0.05, 0.1) is 16.7 Å². The number of carbonyl (C=O) groups excluding carboxylic acids is 1. The Balaban J connectivity index is 1.47. The minimum Gasteiger partial charge on any atom is -0.478 e. The number of carbonyl (C=O) groups is 2. The lowest BCUT2D eigenvalue weighted by atomic mass is 9.81. The van der Waals surface area contributed by atoms with Crippen molar-refractivity contribution >= 4 is 35.0 Å². The monoisotopic (exact) mass is 609 g/mol. The zero-order valence-electron chi connectivity index (χ0n) is 25.2. The Kier molecular flexibility index (Phi) is 6.93. The van der Waals surface area contributed by atoms with Crippen LogP contribution in [0, 0.1) is 0 Å². The van der Waals surface area contributed by atoms with E-state index in [0.29, 0.717) is 16.9 Å². The molecule has 5 heterocycles. The van der Waals surface area contributed by atoms with Gasteiger partial charge in [0.15, 0.2) is 0 Å². The van der Waals surface area contributed by atoms with E-state index in [1.165, 1.54) is 39.4 Å². The summed E-state index contributed by atoms with van der Waals surface area (Å²) in [4.78, 5) is 28.3. The highest BCUT2D eigenvalue weighted by Gasteiger charge is 2.36. The van der Waals surface area contributed by atoms with E-state index in [0.717, 1.165) is 105 Å².